The summed E-state index contributed by atoms with van der Waals surface area (Å²) < 4.78 is 54.2. The van der Waals surface area contributed by atoms with Gasteiger partial charge >= 0.3 is 0 Å². The fraction of sp³-hybridized carbons (Fsp3) is 0.368. The van der Waals surface area contributed by atoms with Gasteiger partial charge in [0.1, 0.15) is 0 Å². The van der Waals surface area contributed by atoms with Crippen molar-refractivity contribution < 1.29 is 16.8 Å². The second-order valence-corrected chi connectivity index (χ2v) is 10.5. The standard InChI is InChI=1S/C19H26N4O4S2/c1-15-4-7-17(8-5-15)29(26,27)22-18-9-6-16(14-19(18)21-28(2,24)25)23-12-3-10-20-11-13-23/h4-9,14,20-22H,3,10-13H2,1-2H3. The summed E-state index contributed by atoms with van der Waals surface area (Å²) >= 11 is 0. The van der Waals surface area contributed by atoms with E-state index in [9.17, 15) is 16.8 Å². The number of nitrogens with zero attached hydrogens (tertiary/aromatic N) is 1. The van der Waals surface area contributed by atoms with Gasteiger partial charge in [-0.05, 0) is 50.2 Å². The molecule has 0 radical (unpaired) electrons. The Morgan fingerprint density at radius 3 is 2.31 bits per heavy atom. The van der Waals surface area contributed by atoms with E-state index in [4.69, 9.17) is 0 Å². The van der Waals surface area contributed by atoms with Gasteiger partial charge in [-0.2, -0.15) is 0 Å². The smallest absolute Gasteiger partial charge is 0.261 e. The van der Waals surface area contributed by atoms with Gasteiger partial charge in [0.2, 0.25) is 10.0 Å². The molecule has 0 unspecified atom stereocenters. The number of hydrogen-bond acceptors (Lipinski definition) is 6. The molecule has 0 aliphatic carbocycles. The van der Waals surface area contributed by atoms with Crippen molar-refractivity contribution in [2.24, 2.45) is 0 Å². The van der Waals surface area contributed by atoms with Crippen LogP contribution in [-0.4, -0.2) is 49.3 Å². The lowest BCUT2D eigenvalue weighted by Gasteiger charge is -2.24. The van der Waals surface area contributed by atoms with Crippen LogP contribution < -0.4 is 19.7 Å². The van der Waals surface area contributed by atoms with E-state index in [2.05, 4.69) is 19.7 Å². The molecule has 8 nitrogen and oxygen atoms in total. The van der Waals surface area contributed by atoms with Gasteiger partial charge in [0.05, 0.1) is 22.5 Å². The maximum Gasteiger partial charge on any atom is 0.261 e. The Morgan fingerprint density at radius 1 is 0.897 bits per heavy atom. The van der Waals surface area contributed by atoms with Crippen molar-refractivity contribution in [3.05, 3.63) is 48.0 Å². The summed E-state index contributed by atoms with van der Waals surface area (Å²) in [6.07, 6.45) is 2.00. The molecule has 0 amide bonds. The number of anilines is 3. The van der Waals surface area contributed by atoms with Crippen LogP contribution in [0.25, 0.3) is 0 Å². The first-order valence-electron chi connectivity index (χ1n) is 9.31. The normalized spacial score (nSPS) is 15.6. The Morgan fingerprint density at radius 2 is 1.62 bits per heavy atom. The zero-order valence-electron chi connectivity index (χ0n) is 16.5. The van der Waals surface area contributed by atoms with Gasteiger partial charge in [-0.25, -0.2) is 16.8 Å². The van der Waals surface area contributed by atoms with E-state index in [0.717, 1.165) is 50.1 Å². The highest BCUT2D eigenvalue weighted by Crippen LogP contribution is 2.31. The lowest BCUT2D eigenvalue weighted by molar-refractivity contribution is 0.600. The number of benzene rings is 2. The number of nitrogens with one attached hydrogen (secondary N) is 3. The van der Waals surface area contributed by atoms with E-state index in [1.54, 1.807) is 30.3 Å². The minimum absolute atomic E-state index is 0.107. The molecular formula is C19H26N4O4S2. The molecule has 1 heterocycles. The number of sulfonamides is 2. The maximum atomic E-state index is 12.8. The predicted molar refractivity (Wildman–Crippen MR) is 117 cm³/mol. The topological polar surface area (TPSA) is 108 Å². The number of aryl methyl sites for hydroxylation is 1. The quantitative estimate of drug-likeness (QED) is 0.636. The highest BCUT2D eigenvalue weighted by molar-refractivity contribution is 7.93. The number of hydrogen-bond donors (Lipinski definition) is 3. The third-order valence-corrected chi connectivity index (χ3v) is 6.55. The summed E-state index contributed by atoms with van der Waals surface area (Å²) in [7, 11) is -7.46. The van der Waals surface area contributed by atoms with Crippen molar-refractivity contribution in [2.45, 2.75) is 18.2 Å². The maximum absolute atomic E-state index is 12.8. The van der Waals surface area contributed by atoms with Crippen LogP contribution in [0.1, 0.15) is 12.0 Å². The SMILES string of the molecule is Cc1ccc(S(=O)(=O)Nc2ccc(N3CCCNCC3)cc2NS(C)(=O)=O)cc1. The van der Waals surface area contributed by atoms with Crippen LogP contribution in [0.15, 0.2) is 47.4 Å². The summed E-state index contributed by atoms with van der Waals surface area (Å²) in [5, 5.41) is 3.32. The molecule has 1 aliphatic heterocycles. The van der Waals surface area contributed by atoms with E-state index >= 15 is 0 Å². The van der Waals surface area contributed by atoms with Crippen LogP contribution in [0.2, 0.25) is 0 Å². The lowest BCUT2D eigenvalue weighted by Crippen LogP contribution is -2.28. The third-order valence-electron chi connectivity index (χ3n) is 4.58. The molecular weight excluding hydrogens is 412 g/mol. The van der Waals surface area contributed by atoms with Crippen molar-refractivity contribution in [3.63, 3.8) is 0 Å². The summed E-state index contributed by atoms with van der Waals surface area (Å²) in [6.45, 7) is 5.25. The van der Waals surface area contributed by atoms with Gasteiger partial charge in [0, 0.05) is 25.3 Å². The van der Waals surface area contributed by atoms with Crippen molar-refractivity contribution in [1.29, 1.82) is 0 Å². The molecule has 158 valence electrons. The summed E-state index contributed by atoms with van der Waals surface area (Å²) in [5.74, 6) is 0. The van der Waals surface area contributed by atoms with Gasteiger partial charge in [-0.3, -0.25) is 9.44 Å². The number of rotatable bonds is 6. The second kappa shape index (κ2) is 8.60. The molecule has 29 heavy (non-hydrogen) atoms. The van der Waals surface area contributed by atoms with E-state index in [1.807, 2.05) is 6.92 Å². The van der Waals surface area contributed by atoms with Gasteiger partial charge in [-0.15, -0.1) is 0 Å². The zero-order valence-corrected chi connectivity index (χ0v) is 18.1. The molecule has 2 aromatic carbocycles. The molecule has 1 saturated heterocycles. The minimum atomic E-state index is -3.86. The molecule has 3 N–H and O–H groups in total. The van der Waals surface area contributed by atoms with Crippen LogP contribution in [0.5, 0.6) is 0 Å². The van der Waals surface area contributed by atoms with Crippen LogP contribution in [-0.2, 0) is 20.0 Å². The highest BCUT2D eigenvalue weighted by atomic mass is 32.2. The molecule has 0 aromatic heterocycles. The first kappa shape index (κ1) is 21.4. The van der Waals surface area contributed by atoms with Gasteiger partial charge in [-0.1, -0.05) is 17.7 Å². The Balaban J connectivity index is 1.95. The van der Waals surface area contributed by atoms with Crippen molar-refractivity contribution in [2.75, 3.05) is 46.8 Å². The predicted octanol–water partition coefficient (Wildman–Crippen LogP) is 1.97. The Hall–Kier alpha value is -2.30. The molecule has 1 aliphatic rings. The second-order valence-electron chi connectivity index (χ2n) is 7.11. The van der Waals surface area contributed by atoms with Crippen LogP contribution in [0.4, 0.5) is 17.1 Å². The lowest BCUT2D eigenvalue weighted by atomic mass is 10.2. The van der Waals surface area contributed by atoms with Gasteiger partial charge < -0.3 is 10.2 Å². The Labute approximate surface area is 172 Å². The Bertz CT molecular complexity index is 1060. The van der Waals surface area contributed by atoms with Gasteiger partial charge in [0.15, 0.2) is 0 Å². The molecule has 0 saturated carbocycles. The Kier molecular flexibility index (Phi) is 6.35. The third kappa shape index (κ3) is 5.84. The summed E-state index contributed by atoms with van der Waals surface area (Å²) in [5.41, 5.74) is 2.14. The van der Waals surface area contributed by atoms with E-state index in [1.165, 1.54) is 12.1 Å². The van der Waals surface area contributed by atoms with E-state index in [-0.39, 0.29) is 16.3 Å². The summed E-state index contributed by atoms with van der Waals surface area (Å²) in [4.78, 5) is 2.25. The molecule has 10 heteroatoms. The summed E-state index contributed by atoms with van der Waals surface area (Å²) in [6, 6.07) is 11.5. The van der Waals surface area contributed by atoms with E-state index < -0.39 is 20.0 Å². The monoisotopic (exact) mass is 438 g/mol. The average molecular weight is 439 g/mol. The van der Waals surface area contributed by atoms with Crippen LogP contribution in [0.3, 0.4) is 0 Å². The molecule has 1 fully saturated rings. The van der Waals surface area contributed by atoms with Crippen LogP contribution >= 0.6 is 0 Å². The molecule has 0 bridgehead atoms. The zero-order chi connectivity index (χ0) is 21.1. The molecule has 0 spiro atoms. The highest BCUT2D eigenvalue weighted by Gasteiger charge is 2.19. The first-order valence-corrected chi connectivity index (χ1v) is 12.7. The van der Waals surface area contributed by atoms with Crippen LogP contribution in [0, 0.1) is 6.92 Å². The fourth-order valence-corrected chi connectivity index (χ4v) is 4.78. The molecule has 3 rings (SSSR count). The minimum Gasteiger partial charge on any atom is -0.370 e. The molecule has 0 atom stereocenters. The van der Waals surface area contributed by atoms with Crippen molar-refractivity contribution in [3.8, 4) is 0 Å². The van der Waals surface area contributed by atoms with Crippen molar-refractivity contribution >= 4 is 37.1 Å². The van der Waals surface area contributed by atoms with E-state index in [0.29, 0.717) is 0 Å². The van der Waals surface area contributed by atoms with Crippen molar-refractivity contribution in [1.82, 2.24) is 5.32 Å². The largest absolute Gasteiger partial charge is 0.370 e. The first-order chi connectivity index (χ1) is 13.6. The fourth-order valence-electron chi connectivity index (χ4n) is 3.13. The van der Waals surface area contributed by atoms with Gasteiger partial charge in [0.25, 0.3) is 10.0 Å². The molecule has 2 aromatic rings. The average Bonchev–Trinajstić information content (AvgIpc) is 2.91.